The first kappa shape index (κ1) is 12.3. The van der Waals surface area contributed by atoms with Crippen molar-refractivity contribution in [2.75, 3.05) is 6.54 Å². The van der Waals surface area contributed by atoms with E-state index in [1.54, 1.807) is 6.92 Å². The van der Waals surface area contributed by atoms with Crippen LogP contribution in [0.15, 0.2) is 18.2 Å². The minimum Gasteiger partial charge on any atom is -0.508 e. The lowest BCUT2D eigenvalue weighted by Crippen LogP contribution is -2.31. The number of rotatable bonds is 4. The molecule has 0 spiro atoms. The molecule has 0 fully saturated rings. The van der Waals surface area contributed by atoms with Crippen LogP contribution in [-0.4, -0.2) is 33.9 Å². The van der Waals surface area contributed by atoms with Gasteiger partial charge in [0.15, 0.2) is 0 Å². The lowest BCUT2D eigenvalue weighted by Gasteiger charge is -2.10. The standard InChI is InChI=1S/C11H15NO4/c1-2-7(13)6-12-11(16)9-4-3-8(14)5-10(9)15/h3-5,7,13-15H,2,6H2,1H3,(H,12,16). The van der Waals surface area contributed by atoms with E-state index in [4.69, 9.17) is 5.11 Å². The normalized spacial score (nSPS) is 12.1. The molecule has 0 saturated carbocycles. The highest BCUT2D eigenvalue weighted by molar-refractivity contribution is 5.96. The molecular formula is C11H15NO4. The van der Waals surface area contributed by atoms with Crippen molar-refractivity contribution in [3.8, 4) is 11.5 Å². The maximum atomic E-state index is 11.5. The number of aliphatic hydroxyl groups excluding tert-OH is 1. The third-order valence-corrected chi connectivity index (χ3v) is 2.20. The lowest BCUT2D eigenvalue weighted by atomic mass is 10.1. The quantitative estimate of drug-likeness (QED) is 0.604. The molecule has 1 aromatic rings. The summed E-state index contributed by atoms with van der Waals surface area (Å²) in [7, 11) is 0. The third-order valence-electron chi connectivity index (χ3n) is 2.20. The zero-order valence-corrected chi connectivity index (χ0v) is 8.97. The van der Waals surface area contributed by atoms with Gasteiger partial charge in [-0.1, -0.05) is 6.92 Å². The topological polar surface area (TPSA) is 89.8 Å². The summed E-state index contributed by atoms with van der Waals surface area (Å²) in [4.78, 5) is 11.5. The minimum absolute atomic E-state index is 0.0705. The number of phenolic OH excluding ortho intramolecular Hbond substituents is 2. The van der Waals surface area contributed by atoms with E-state index in [1.807, 2.05) is 0 Å². The molecule has 0 radical (unpaired) electrons. The fraction of sp³-hybridized carbons (Fsp3) is 0.364. The van der Waals surface area contributed by atoms with Crippen molar-refractivity contribution < 1.29 is 20.1 Å². The number of hydrogen-bond donors (Lipinski definition) is 4. The Kier molecular flexibility index (Phi) is 4.13. The van der Waals surface area contributed by atoms with E-state index in [1.165, 1.54) is 12.1 Å². The largest absolute Gasteiger partial charge is 0.508 e. The Morgan fingerprint density at radius 1 is 1.44 bits per heavy atom. The number of benzene rings is 1. The van der Waals surface area contributed by atoms with Crippen molar-refractivity contribution in [2.24, 2.45) is 0 Å². The van der Waals surface area contributed by atoms with Crippen LogP contribution in [0.2, 0.25) is 0 Å². The molecule has 5 nitrogen and oxygen atoms in total. The van der Waals surface area contributed by atoms with Crippen molar-refractivity contribution in [2.45, 2.75) is 19.4 Å². The zero-order valence-electron chi connectivity index (χ0n) is 8.97. The summed E-state index contributed by atoms with van der Waals surface area (Å²) in [6, 6.07) is 3.72. The molecule has 0 aliphatic carbocycles. The monoisotopic (exact) mass is 225 g/mol. The van der Waals surface area contributed by atoms with Gasteiger partial charge in [-0.15, -0.1) is 0 Å². The summed E-state index contributed by atoms with van der Waals surface area (Å²) in [6.45, 7) is 1.94. The number of carbonyl (C=O) groups excluding carboxylic acids is 1. The van der Waals surface area contributed by atoms with Crippen LogP contribution in [0.5, 0.6) is 11.5 Å². The highest BCUT2D eigenvalue weighted by Crippen LogP contribution is 2.22. The predicted octanol–water partition coefficient (Wildman–Crippen LogP) is 0.599. The van der Waals surface area contributed by atoms with Crippen LogP contribution in [0.1, 0.15) is 23.7 Å². The summed E-state index contributed by atoms with van der Waals surface area (Å²) in [6.07, 6.45) is -0.0508. The summed E-state index contributed by atoms with van der Waals surface area (Å²) >= 11 is 0. The Bertz CT molecular complexity index is 378. The van der Waals surface area contributed by atoms with Gasteiger partial charge in [0.2, 0.25) is 0 Å². The lowest BCUT2D eigenvalue weighted by molar-refractivity contribution is 0.0911. The molecule has 1 aromatic carbocycles. The number of phenols is 2. The number of aromatic hydroxyl groups is 2. The molecule has 88 valence electrons. The van der Waals surface area contributed by atoms with Gasteiger partial charge in [-0.05, 0) is 18.6 Å². The van der Waals surface area contributed by atoms with Gasteiger partial charge < -0.3 is 20.6 Å². The summed E-state index contributed by atoms with van der Waals surface area (Å²) < 4.78 is 0. The fourth-order valence-electron chi connectivity index (χ4n) is 1.16. The zero-order chi connectivity index (χ0) is 12.1. The third kappa shape index (κ3) is 3.13. The van der Waals surface area contributed by atoms with Crippen LogP contribution in [0.3, 0.4) is 0 Å². The van der Waals surface area contributed by atoms with E-state index < -0.39 is 12.0 Å². The maximum Gasteiger partial charge on any atom is 0.255 e. The number of amides is 1. The number of nitrogens with one attached hydrogen (secondary N) is 1. The van der Waals surface area contributed by atoms with Crippen molar-refractivity contribution in [3.05, 3.63) is 23.8 Å². The van der Waals surface area contributed by atoms with E-state index in [2.05, 4.69) is 5.32 Å². The molecule has 0 saturated heterocycles. The summed E-state index contributed by atoms with van der Waals surface area (Å²) in [5.74, 6) is -0.879. The van der Waals surface area contributed by atoms with E-state index in [9.17, 15) is 15.0 Å². The second-order valence-corrected chi connectivity index (χ2v) is 3.47. The van der Waals surface area contributed by atoms with Gasteiger partial charge in [0.05, 0.1) is 11.7 Å². The molecule has 4 N–H and O–H groups in total. The van der Waals surface area contributed by atoms with E-state index in [0.717, 1.165) is 6.07 Å². The summed E-state index contributed by atoms with van der Waals surface area (Å²) in [5, 5.41) is 30.2. The van der Waals surface area contributed by atoms with Crippen LogP contribution in [0, 0.1) is 0 Å². The van der Waals surface area contributed by atoms with Gasteiger partial charge in [0.1, 0.15) is 11.5 Å². The molecule has 1 atom stereocenters. The first-order valence-electron chi connectivity index (χ1n) is 5.02. The van der Waals surface area contributed by atoms with Crippen LogP contribution >= 0.6 is 0 Å². The Hall–Kier alpha value is -1.75. The Morgan fingerprint density at radius 2 is 2.12 bits per heavy atom. The molecule has 0 aromatic heterocycles. The molecule has 16 heavy (non-hydrogen) atoms. The van der Waals surface area contributed by atoms with E-state index in [0.29, 0.717) is 6.42 Å². The van der Waals surface area contributed by atoms with Crippen LogP contribution < -0.4 is 5.32 Å². The van der Waals surface area contributed by atoms with Gasteiger partial charge in [-0.25, -0.2) is 0 Å². The van der Waals surface area contributed by atoms with Crippen molar-refractivity contribution in [1.82, 2.24) is 5.32 Å². The average Bonchev–Trinajstić information content (AvgIpc) is 2.25. The van der Waals surface area contributed by atoms with Gasteiger partial charge in [-0.3, -0.25) is 4.79 Å². The minimum atomic E-state index is -0.594. The Morgan fingerprint density at radius 3 is 2.69 bits per heavy atom. The highest BCUT2D eigenvalue weighted by Gasteiger charge is 2.12. The van der Waals surface area contributed by atoms with Crippen molar-refractivity contribution in [3.63, 3.8) is 0 Å². The van der Waals surface area contributed by atoms with Gasteiger partial charge in [0, 0.05) is 12.6 Å². The smallest absolute Gasteiger partial charge is 0.255 e. The first-order valence-corrected chi connectivity index (χ1v) is 5.02. The van der Waals surface area contributed by atoms with Crippen LogP contribution in [0.4, 0.5) is 0 Å². The van der Waals surface area contributed by atoms with Crippen LogP contribution in [0.25, 0.3) is 0 Å². The SMILES string of the molecule is CCC(O)CNC(=O)c1ccc(O)cc1O. The van der Waals surface area contributed by atoms with Crippen molar-refractivity contribution in [1.29, 1.82) is 0 Å². The molecule has 0 aliphatic rings. The Balaban J connectivity index is 2.66. The molecule has 0 heterocycles. The number of hydrogen-bond acceptors (Lipinski definition) is 4. The molecule has 0 aliphatic heterocycles. The van der Waals surface area contributed by atoms with Gasteiger partial charge in [-0.2, -0.15) is 0 Å². The predicted molar refractivity (Wildman–Crippen MR) is 58.4 cm³/mol. The van der Waals surface area contributed by atoms with E-state index >= 15 is 0 Å². The van der Waals surface area contributed by atoms with E-state index in [-0.39, 0.29) is 23.6 Å². The second kappa shape index (κ2) is 5.37. The highest BCUT2D eigenvalue weighted by atomic mass is 16.3. The molecule has 1 amide bonds. The molecule has 5 heteroatoms. The fourth-order valence-corrected chi connectivity index (χ4v) is 1.16. The number of aliphatic hydroxyl groups is 1. The number of carbonyl (C=O) groups is 1. The second-order valence-electron chi connectivity index (χ2n) is 3.47. The average molecular weight is 225 g/mol. The molecule has 1 rings (SSSR count). The van der Waals surface area contributed by atoms with Gasteiger partial charge >= 0.3 is 0 Å². The summed E-state index contributed by atoms with van der Waals surface area (Å²) in [5.41, 5.74) is 0.0705. The Labute approximate surface area is 93.4 Å². The molecule has 0 bridgehead atoms. The van der Waals surface area contributed by atoms with Crippen LogP contribution in [-0.2, 0) is 0 Å². The van der Waals surface area contributed by atoms with Gasteiger partial charge in [0.25, 0.3) is 5.91 Å². The maximum absolute atomic E-state index is 11.5. The molecule has 1 unspecified atom stereocenters. The molecular weight excluding hydrogens is 210 g/mol. The first-order chi connectivity index (χ1) is 7.54. The van der Waals surface area contributed by atoms with Crippen molar-refractivity contribution >= 4 is 5.91 Å².